The number of hydrogen-bond acceptors (Lipinski definition) is 9. The number of hydrogen-bond donors (Lipinski definition) is 1. The first kappa shape index (κ1) is 20.4. The Balaban J connectivity index is 3.32. The highest BCUT2D eigenvalue weighted by molar-refractivity contribution is 5.82. The molecule has 0 radical (unpaired) electrons. The zero-order valence-electron chi connectivity index (χ0n) is 14.3. The van der Waals surface area contributed by atoms with Gasteiger partial charge < -0.3 is 24.1 Å². The van der Waals surface area contributed by atoms with Gasteiger partial charge >= 0.3 is 29.8 Å². The van der Waals surface area contributed by atoms with E-state index in [4.69, 9.17) is 18.9 Å². The van der Waals surface area contributed by atoms with E-state index in [0.717, 1.165) is 27.7 Å². The molecule has 0 aromatic rings. The van der Waals surface area contributed by atoms with Crippen LogP contribution in [0.2, 0.25) is 0 Å². The first-order valence-corrected chi connectivity index (χ1v) is 7.41. The third-order valence-electron chi connectivity index (χ3n) is 3.46. The molecule has 10 nitrogen and oxygen atoms in total. The molecule has 0 aromatic carbocycles. The van der Waals surface area contributed by atoms with Gasteiger partial charge in [-0.1, -0.05) is 0 Å². The molecule has 1 aliphatic carbocycles. The molecule has 0 spiro atoms. The molecule has 1 aliphatic rings. The molecule has 1 fully saturated rings. The van der Waals surface area contributed by atoms with Gasteiger partial charge in [0.1, 0.15) is 12.2 Å². The molecule has 0 aliphatic heterocycles. The summed E-state index contributed by atoms with van der Waals surface area (Å²) in [5, 5.41) is 9.54. The van der Waals surface area contributed by atoms with Gasteiger partial charge in [-0.25, -0.2) is 4.79 Å². The van der Waals surface area contributed by atoms with E-state index in [0.29, 0.717) is 0 Å². The zero-order valence-corrected chi connectivity index (χ0v) is 14.3. The Kier molecular flexibility index (Phi) is 6.49. The second-order valence-corrected chi connectivity index (χ2v) is 5.67. The van der Waals surface area contributed by atoms with Gasteiger partial charge in [0.25, 0.3) is 0 Å². The number of carbonyl (C=O) groups is 5. The number of carboxylic acid groups (broad SMARTS) is 1. The standard InChI is InChI=1S/C15H20O10/c1-7(16)22-11-5-15(14(20)21,25-10(4)19)6-12(23-8(2)17)13(11)24-9(3)18/h11-13H,5-6H2,1-4H3,(H,20,21)/t11-,12-,13?,15?/m0/s1. The van der Waals surface area contributed by atoms with Crippen molar-refractivity contribution in [3.8, 4) is 0 Å². The van der Waals surface area contributed by atoms with Crippen molar-refractivity contribution in [2.45, 2.75) is 64.4 Å². The van der Waals surface area contributed by atoms with Crippen LogP contribution in [-0.4, -0.2) is 58.9 Å². The van der Waals surface area contributed by atoms with Crippen molar-refractivity contribution in [1.82, 2.24) is 0 Å². The Hall–Kier alpha value is -2.65. The number of ether oxygens (including phenoxy) is 4. The lowest BCUT2D eigenvalue weighted by molar-refractivity contribution is -0.220. The minimum absolute atomic E-state index is 0.461. The highest BCUT2D eigenvalue weighted by Crippen LogP contribution is 2.37. The molecule has 0 unspecified atom stereocenters. The van der Waals surface area contributed by atoms with Crippen LogP contribution in [0, 0.1) is 0 Å². The van der Waals surface area contributed by atoms with E-state index >= 15 is 0 Å². The fourth-order valence-electron chi connectivity index (χ4n) is 2.77. The molecule has 1 N–H and O–H groups in total. The molecule has 140 valence electrons. The van der Waals surface area contributed by atoms with E-state index in [1.54, 1.807) is 0 Å². The van der Waals surface area contributed by atoms with Gasteiger partial charge in [-0.05, 0) is 0 Å². The van der Waals surface area contributed by atoms with Gasteiger partial charge in [-0.15, -0.1) is 0 Å². The zero-order chi connectivity index (χ0) is 19.4. The van der Waals surface area contributed by atoms with Gasteiger partial charge in [-0.2, -0.15) is 0 Å². The minimum Gasteiger partial charge on any atom is -0.478 e. The van der Waals surface area contributed by atoms with Gasteiger partial charge in [-0.3, -0.25) is 19.2 Å². The van der Waals surface area contributed by atoms with E-state index < -0.39 is 66.6 Å². The molecule has 25 heavy (non-hydrogen) atoms. The van der Waals surface area contributed by atoms with Crippen molar-refractivity contribution in [1.29, 1.82) is 0 Å². The normalized spacial score (nSPS) is 28.4. The van der Waals surface area contributed by atoms with Crippen molar-refractivity contribution < 1.29 is 48.0 Å². The molecular formula is C15H20O10. The first-order chi connectivity index (χ1) is 11.5. The predicted octanol–water partition coefficient (Wildman–Crippen LogP) is -0.0382. The summed E-state index contributed by atoms with van der Waals surface area (Å²) in [6, 6.07) is 0. The van der Waals surface area contributed by atoms with Crippen LogP contribution in [0.25, 0.3) is 0 Å². The van der Waals surface area contributed by atoms with Crippen LogP contribution in [0.3, 0.4) is 0 Å². The lowest BCUT2D eigenvalue weighted by Gasteiger charge is -2.43. The van der Waals surface area contributed by atoms with Crippen molar-refractivity contribution in [3.05, 3.63) is 0 Å². The summed E-state index contributed by atoms with van der Waals surface area (Å²) in [6.45, 7) is 4.27. The summed E-state index contributed by atoms with van der Waals surface area (Å²) >= 11 is 0. The maximum absolute atomic E-state index is 11.7. The highest BCUT2D eigenvalue weighted by atomic mass is 16.6. The molecule has 10 heteroatoms. The van der Waals surface area contributed by atoms with Crippen LogP contribution in [0.5, 0.6) is 0 Å². The molecule has 0 amide bonds. The Morgan fingerprint density at radius 1 is 0.760 bits per heavy atom. The number of carboxylic acids is 1. The first-order valence-electron chi connectivity index (χ1n) is 7.41. The van der Waals surface area contributed by atoms with E-state index in [9.17, 15) is 29.1 Å². The molecular weight excluding hydrogens is 340 g/mol. The van der Waals surface area contributed by atoms with Crippen LogP contribution in [0.4, 0.5) is 0 Å². The summed E-state index contributed by atoms with van der Waals surface area (Å²) in [5.41, 5.74) is -2.09. The molecule has 0 bridgehead atoms. The summed E-state index contributed by atoms with van der Waals surface area (Å²) in [6.07, 6.45) is -4.72. The lowest BCUT2D eigenvalue weighted by atomic mass is 9.79. The number of carbonyl (C=O) groups excluding carboxylic acids is 4. The monoisotopic (exact) mass is 360 g/mol. The topological polar surface area (TPSA) is 142 Å². The van der Waals surface area contributed by atoms with Crippen LogP contribution >= 0.6 is 0 Å². The van der Waals surface area contributed by atoms with E-state index in [-0.39, 0.29) is 0 Å². The van der Waals surface area contributed by atoms with Crippen LogP contribution in [-0.2, 0) is 42.9 Å². The predicted molar refractivity (Wildman–Crippen MR) is 78.0 cm³/mol. The Bertz CT molecular complexity index is 555. The molecule has 0 aromatic heterocycles. The molecule has 2 atom stereocenters. The third kappa shape index (κ3) is 5.44. The summed E-state index contributed by atoms with van der Waals surface area (Å²) in [4.78, 5) is 57.1. The number of rotatable bonds is 5. The molecule has 1 rings (SSSR count). The lowest BCUT2D eigenvalue weighted by Crippen LogP contribution is -2.60. The molecule has 1 saturated carbocycles. The highest BCUT2D eigenvalue weighted by Gasteiger charge is 2.57. The number of aliphatic carboxylic acids is 1. The third-order valence-corrected chi connectivity index (χ3v) is 3.46. The van der Waals surface area contributed by atoms with Crippen LogP contribution in [0.1, 0.15) is 40.5 Å². The summed E-state index contributed by atoms with van der Waals surface area (Å²) < 4.78 is 20.1. The van der Waals surface area contributed by atoms with Crippen molar-refractivity contribution >= 4 is 29.8 Å². The molecule has 0 saturated heterocycles. The Labute approximate surface area is 143 Å². The summed E-state index contributed by atoms with van der Waals surface area (Å²) in [7, 11) is 0. The molecule has 0 heterocycles. The fraction of sp³-hybridized carbons (Fsp3) is 0.667. The second kappa shape index (κ2) is 7.95. The van der Waals surface area contributed by atoms with Gasteiger partial charge in [0, 0.05) is 40.5 Å². The van der Waals surface area contributed by atoms with E-state index in [1.807, 2.05) is 0 Å². The average molecular weight is 360 g/mol. The second-order valence-electron chi connectivity index (χ2n) is 5.67. The van der Waals surface area contributed by atoms with Crippen LogP contribution < -0.4 is 0 Å². The van der Waals surface area contributed by atoms with Gasteiger partial charge in [0.15, 0.2) is 6.10 Å². The SMILES string of the molecule is CC(=O)OC1[C@@H](OC(C)=O)CC(OC(C)=O)(C(=O)O)C[C@@H]1OC(C)=O. The van der Waals surface area contributed by atoms with Crippen molar-refractivity contribution in [3.63, 3.8) is 0 Å². The maximum Gasteiger partial charge on any atom is 0.348 e. The van der Waals surface area contributed by atoms with Gasteiger partial charge in [0.05, 0.1) is 0 Å². The maximum atomic E-state index is 11.7. The average Bonchev–Trinajstić information content (AvgIpc) is 2.40. The van der Waals surface area contributed by atoms with Gasteiger partial charge in [0.2, 0.25) is 5.60 Å². The minimum atomic E-state index is -2.09. The Morgan fingerprint density at radius 3 is 1.44 bits per heavy atom. The largest absolute Gasteiger partial charge is 0.478 e. The van der Waals surface area contributed by atoms with Crippen LogP contribution in [0.15, 0.2) is 0 Å². The fourth-order valence-corrected chi connectivity index (χ4v) is 2.77. The van der Waals surface area contributed by atoms with E-state index in [2.05, 4.69) is 0 Å². The summed E-state index contributed by atoms with van der Waals surface area (Å²) in [5.74, 6) is -4.66. The van der Waals surface area contributed by atoms with E-state index in [1.165, 1.54) is 0 Å². The Morgan fingerprint density at radius 2 is 1.16 bits per heavy atom. The number of esters is 4. The smallest absolute Gasteiger partial charge is 0.348 e. The van der Waals surface area contributed by atoms with Crippen molar-refractivity contribution in [2.24, 2.45) is 0 Å². The quantitative estimate of drug-likeness (QED) is 0.524. The van der Waals surface area contributed by atoms with Crippen molar-refractivity contribution in [2.75, 3.05) is 0 Å².